The molecule has 0 bridgehead atoms. The van der Waals surface area contributed by atoms with Crippen LogP contribution in [0.2, 0.25) is 0 Å². The lowest BCUT2D eigenvalue weighted by molar-refractivity contribution is 0.306. The van der Waals surface area contributed by atoms with Gasteiger partial charge in [0.1, 0.15) is 12.4 Å². The van der Waals surface area contributed by atoms with Crippen LogP contribution < -0.4 is 10.1 Å². The molecule has 25 heavy (non-hydrogen) atoms. The normalized spacial score (nSPS) is 10.8. The molecule has 2 aromatic heterocycles. The van der Waals surface area contributed by atoms with Crippen molar-refractivity contribution in [3.63, 3.8) is 0 Å². The van der Waals surface area contributed by atoms with Gasteiger partial charge in [0.05, 0.1) is 11.9 Å². The summed E-state index contributed by atoms with van der Waals surface area (Å²) in [6, 6.07) is 18.2. The molecule has 1 N–H and O–H groups in total. The lowest BCUT2D eigenvalue weighted by Gasteiger charge is -2.08. The van der Waals surface area contributed by atoms with Crippen LogP contribution in [0, 0.1) is 0 Å². The van der Waals surface area contributed by atoms with E-state index < -0.39 is 0 Å². The highest BCUT2D eigenvalue weighted by Gasteiger charge is 2.09. The van der Waals surface area contributed by atoms with E-state index in [0.717, 1.165) is 34.0 Å². The van der Waals surface area contributed by atoms with Gasteiger partial charge in [-0.15, -0.1) is 0 Å². The molecule has 0 spiro atoms. The van der Waals surface area contributed by atoms with Crippen molar-refractivity contribution in [2.24, 2.45) is 0 Å². The molecule has 0 saturated carbocycles. The van der Waals surface area contributed by atoms with Crippen LogP contribution >= 0.6 is 0 Å². The van der Waals surface area contributed by atoms with Crippen molar-refractivity contribution >= 4 is 11.5 Å². The molecular weight excluding hydrogens is 312 g/mol. The molecule has 0 aliphatic rings. The quantitative estimate of drug-likeness (QED) is 0.600. The molecule has 2 aromatic carbocycles. The fraction of sp³-hybridized carbons (Fsp3) is 0.100. The third-order valence-corrected chi connectivity index (χ3v) is 4.06. The Hall–Kier alpha value is -3.34. The molecule has 0 radical (unpaired) electrons. The van der Waals surface area contributed by atoms with E-state index in [-0.39, 0.29) is 0 Å². The number of hydrogen-bond donors (Lipinski definition) is 1. The van der Waals surface area contributed by atoms with Crippen molar-refractivity contribution in [1.29, 1.82) is 0 Å². The molecule has 0 fully saturated rings. The molecule has 4 rings (SSSR count). The number of benzene rings is 2. The van der Waals surface area contributed by atoms with Crippen molar-refractivity contribution < 1.29 is 4.74 Å². The second kappa shape index (κ2) is 6.65. The first-order valence-corrected chi connectivity index (χ1v) is 8.12. The molecule has 0 saturated heterocycles. The Morgan fingerprint density at radius 1 is 1.00 bits per heavy atom. The van der Waals surface area contributed by atoms with Crippen LogP contribution in [0.4, 0.5) is 5.82 Å². The average molecular weight is 330 g/mol. The zero-order valence-electron chi connectivity index (χ0n) is 13.9. The lowest BCUT2D eigenvalue weighted by atomic mass is 10.1. The summed E-state index contributed by atoms with van der Waals surface area (Å²) in [4.78, 5) is 8.76. The number of anilines is 1. The minimum Gasteiger partial charge on any atom is -0.489 e. The Morgan fingerprint density at radius 2 is 1.80 bits per heavy atom. The van der Waals surface area contributed by atoms with Crippen molar-refractivity contribution in [2.45, 2.75) is 6.61 Å². The van der Waals surface area contributed by atoms with Gasteiger partial charge >= 0.3 is 0 Å². The van der Waals surface area contributed by atoms with Gasteiger partial charge in [0.15, 0.2) is 11.5 Å². The van der Waals surface area contributed by atoms with Gasteiger partial charge in [0, 0.05) is 25.0 Å². The third kappa shape index (κ3) is 3.04. The van der Waals surface area contributed by atoms with Crippen molar-refractivity contribution in [3.05, 3.63) is 78.8 Å². The molecular formula is C20H18N4O. The van der Waals surface area contributed by atoms with Crippen LogP contribution in [0.15, 0.2) is 73.2 Å². The highest BCUT2D eigenvalue weighted by Crippen LogP contribution is 2.25. The number of ether oxygens (including phenoxy) is 1. The molecule has 0 atom stereocenters. The number of fused-ring (bicyclic) bond motifs is 1. The van der Waals surface area contributed by atoms with Crippen LogP contribution in [-0.4, -0.2) is 21.4 Å². The summed E-state index contributed by atoms with van der Waals surface area (Å²) >= 11 is 0. The van der Waals surface area contributed by atoms with Crippen LogP contribution in [0.3, 0.4) is 0 Å². The van der Waals surface area contributed by atoms with Gasteiger partial charge in [-0.3, -0.25) is 4.40 Å². The van der Waals surface area contributed by atoms with E-state index in [9.17, 15) is 0 Å². The van der Waals surface area contributed by atoms with Crippen LogP contribution in [-0.2, 0) is 6.61 Å². The first-order chi connectivity index (χ1) is 12.3. The molecule has 0 aliphatic carbocycles. The summed E-state index contributed by atoms with van der Waals surface area (Å²) < 4.78 is 7.87. The van der Waals surface area contributed by atoms with Crippen LogP contribution in [0.25, 0.3) is 16.9 Å². The number of aromatic nitrogens is 3. The van der Waals surface area contributed by atoms with E-state index >= 15 is 0 Å². The predicted molar refractivity (Wildman–Crippen MR) is 98.7 cm³/mol. The van der Waals surface area contributed by atoms with Gasteiger partial charge < -0.3 is 10.1 Å². The first kappa shape index (κ1) is 15.2. The van der Waals surface area contributed by atoms with Gasteiger partial charge in [-0.05, 0) is 29.8 Å². The van der Waals surface area contributed by atoms with E-state index in [1.807, 2.05) is 66.3 Å². The number of nitrogens with one attached hydrogen (secondary N) is 1. The molecule has 4 aromatic rings. The molecule has 124 valence electrons. The monoisotopic (exact) mass is 330 g/mol. The van der Waals surface area contributed by atoms with Gasteiger partial charge in [-0.2, -0.15) is 0 Å². The fourth-order valence-corrected chi connectivity index (χ4v) is 2.77. The maximum atomic E-state index is 5.85. The Kier molecular flexibility index (Phi) is 4.04. The van der Waals surface area contributed by atoms with Gasteiger partial charge in [-0.25, -0.2) is 9.97 Å². The Labute approximate surface area is 145 Å². The maximum Gasteiger partial charge on any atom is 0.180 e. The van der Waals surface area contributed by atoms with Crippen molar-refractivity contribution in [1.82, 2.24) is 14.4 Å². The summed E-state index contributed by atoms with van der Waals surface area (Å²) in [7, 11) is 1.84. The molecule has 5 heteroatoms. The second-order valence-corrected chi connectivity index (χ2v) is 5.66. The van der Waals surface area contributed by atoms with E-state index in [1.165, 1.54) is 0 Å². The summed E-state index contributed by atoms with van der Waals surface area (Å²) in [5.74, 6) is 1.61. The molecule has 2 heterocycles. The first-order valence-electron chi connectivity index (χ1n) is 8.12. The van der Waals surface area contributed by atoms with E-state index in [4.69, 9.17) is 4.74 Å². The van der Waals surface area contributed by atoms with E-state index in [2.05, 4.69) is 27.4 Å². The molecule has 0 amide bonds. The van der Waals surface area contributed by atoms with E-state index in [0.29, 0.717) is 6.61 Å². The molecule has 0 aliphatic heterocycles. The predicted octanol–water partition coefficient (Wildman–Crippen LogP) is 4.02. The number of hydrogen-bond acceptors (Lipinski definition) is 4. The summed E-state index contributed by atoms with van der Waals surface area (Å²) in [5.41, 5.74) is 4.06. The third-order valence-electron chi connectivity index (χ3n) is 4.06. The number of nitrogens with zero attached hydrogens (tertiary/aromatic N) is 3. The highest BCUT2D eigenvalue weighted by atomic mass is 16.5. The average Bonchev–Trinajstić information content (AvgIpc) is 3.12. The largest absolute Gasteiger partial charge is 0.489 e. The van der Waals surface area contributed by atoms with Crippen LogP contribution in [0.1, 0.15) is 5.56 Å². The number of rotatable bonds is 5. The topological polar surface area (TPSA) is 51.5 Å². The van der Waals surface area contributed by atoms with Gasteiger partial charge in [0.25, 0.3) is 0 Å². The minimum absolute atomic E-state index is 0.562. The second-order valence-electron chi connectivity index (χ2n) is 5.66. The zero-order valence-corrected chi connectivity index (χ0v) is 13.9. The van der Waals surface area contributed by atoms with Crippen LogP contribution in [0.5, 0.6) is 5.75 Å². The molecule has 5 nitrogen and oxygen atoms in total. The zero-order chi connectivity index (χ0) is 17.1. The summed E-state index contributed by atoms with van der Waals surface area (Å²) in [6.45, 7) is 0.562. The fourth-order valence-electron chi connectivity index (χ4n) is 2.77. The SMILES string of the molecule is CNc1nccn2c(-c3ccc(OCc4ccccc4)cc3)cnc12. The summed E-state index contributed by atoms with van der Waals surface area (Å²) in [5, 5.41) is 3.06. The Bertz CT molecular complexity index is 978. The maximum absolute atomic E-state index is 5.85. The minimum atomic E-state index is 0.562. The smallest absolute Gasteiger partial charge is 0.180 e. The van der Waals surface area contributed by atoms with Crippen molar-refractivity contribution in [2.75, 3.05) is 12.4 Å². The van der Waals surface area contributed by atoms with Gasteiger partial charge in [-0.1, -0.05) is 30.3 Å². The van der Waals surface area contributed by atoms with E-state index in [1.54, 1.807) is 6.20 Å². The summed E-state index contributed by atoms with van der Waals surface area (Å²) in [6.07, 6.45) is 5.54. The highest BCUT2D eigenvalue weighted by molar-refractivity contribution is 5.70. The lowest BCUT2D eigenvalue weighted by Crippen LogP contribution is -1.97. The van der Waals surface area contributed by atoms with Crippen molar-refractivity contribution in [3.8, 4) is 17.0 Å². The Balaban J connectivity index is 1.56. The number of imidazole rings is 1. The van der Waals surface area contributed by atoms with Gasteiger partial charge in [0.2, 0.25) is 0 Å². The Morgan fingerprint density at radius 3 is 2.56 bits per heavy atom. The standard InChI is InChI=1S/C20H18N4O/c1-21-19-20-23-13-18(24(20)12-11-22-19)16-7-9-17(10-8-16)25-14-15-5-3-2-4-6-15/h2-13H,14H2,1H3,(H,21,22). The molecule has 0 unspecified atom stereocenters.